The molecule has 8 heteroatoms. The van der Waals surface area contributed by atoms with Gasteiger partial charge in [0.15, 0.2) is 4.47 Å². The quantitative estimate of drug-likeness (QED) is 0.824. The minimum Gasteiger partial charge on any atom is -0.444 e. The number of rotatable bonds is 3. The highest BCUT2D eigenvalue weighted by atomic mass is 35.5. The van der Waals surface area contributed by atoms with Gasteiger partial charge in [0.05, 0.1) is 11.0 Å². The molecule has 124 valence electrons. The summed E-state index contributed by atoms with van der Waals surface area (Å²) in [7, 11) is -1.04. The predicted molar refractivity (Wildman–Crippen MR) is 89.8 cm³/mol. The van der Waals surface area contributed by atoms with Crippen LogP contribution in [-0.2, 0) is 21.3 Å². The average Bonchev–Trinajstić information content (AvgIpc) is 2.82. The van der Waals surface area contributed by atoms with Gasteiger partial charge in [-0.2, -0.15) is 0 Å². The first kappa shape index (κ1) is 17.7. The van der Waals surface area contributed by atoms with Crippen LogP contribution < -0.4 is 0 Å². The molecular weight excluding hydrogens is 344 g/mol. The summed E-state index contributed by atoms with van der Waals surface area (Å²) >= 11 is 7.15. The van der Waals surface area contributed by atoms with Crippen molar-refractivity contribution in [3.63, 3.8) is 0 Å². The highest BCUT2D eigenvalue weighted by molar-refractivity contribution is 7.85. The maximum Gasteiger partial charge on any atom is 0.410 e. The topological polar surface area (TPSA) is 59.5 Å². The van der Waals surface area contributed by atoms with Crippen LogP contribution in [0.3, 0.4) is 0 Å². The van der Waals surface area contributed by atoms with Crippen molar-refractivity contribution in [1.29, 1.82) is 0 Å². The molecule has 22 heavy (non-hydrogen) atoms. The highest BCUT2D eigenvalue weighted by Gasteiger charge is 2.30. The first-order chi connectivity index (χ1) is 10.2. The second-order valence-corrected chi connectivity index (χ2v) is 9.71. The fourth-order valence-electron chi connectivity index (χ4n) is 2.25. The third-order valence-corrected chi connectivity index (χ3v) is 6.23. The van der Waals surface area contributed by atoms with Crippen LogP contribution in [-0.4, -0.2) is 44.1 Å². The van der Waals surface area contributed by atoms with Crippen LogP contribution in [0.4, 0.5) is 4.79 Å². The smallest absolute Gasteiger partial charge is 0.410 e. The van der Waals surface area contributed by atoms with Crippen LogP contribution in [0.2, 0.25) is 4.47 Å². The molecule has 0 aromatic carbocycles. The van der Waals surface area contributed by atoms with E-state index in [0.717, 1.165) is 17.7 Å². The van der Waals surface area contributed by atoms with E-state index in [2.05, 4.69) is 4.98 Å². The monoisotopic (exact) mass is 364 g/mol. The molecule has 1 aromatic rings. The zero-order chi connectivity index (χ0) is 16.3. The molecule has 1 aliphatic heterocycles. The second-order valence-electron chi connectivity index (χ2n) is 6.30. The van der Waals surface area contributed by atoms with Crippen molar-refractivity contribution in [3.05, 3.63) is 15.5 Å². The van der Waals surface area contributed by atoms with E-state index in [-0.39, 0.29) is 11.3 Å². The van der Waals surface area contributed by atoms with E-state index in [1.165, 1.54) is 11.3 Å². The van der Waals surface area contributed by atoms with Gasteiger partial charge >= 0.3 is 6.09 Å². The van der Waals surface area contributed by atoms with Gasteiger partial charge in [-0.3, -0.25) is 4.21 Å². The maximum atomic E-state index is 12.5. The molecule has 0 unspecified atom stereocenters. The Labute approximate surface area is 142 Å². The summed E-state index contributed by atoms with van der Waals surface area (Å²) < 4.78 is 18.4. The minimum absolute atomic E-state index is 0.0258. The molecule has 2 rings (SSSR count). The van der Waals surface area contributed by atoms with Gasteiger partial charge in [0.1, 0.15) is 5.60 Å². The molecule has 0 N–H and O–H groups in total. The van der Waals surface area contributed by atoms with Gasteiger partial charge < -0.3 is 9.64 Å². The Morgan fingerprint density at radius 3 is 2.91 bits per heavy atom. The van der Waals surface area contributed by atoms with Crippen molar-refractivity contribution in [1.82, 2.24) is 9.88 Å². The number of nitrogens with zero attached hydrogens (tertiary/aromatic N) is 2. The van der Waals surface area contributed by atoms with E-state index in [9.17, 15) is 9.00 Å². The van der Waals surface area contributed by atoms with Crippen molar-refractivity contribution in [2.24, 2.45) is 0 Å². The fourth-order valence-corrected chi connectivity index (χ4v) is 4.98. The van der Waals surface area contributed by atoms with E-state index in [0.29, 0.717) is 23.3 Å². The molecule has 0 spiro atoms. The first-order valence-corrected chi connectivity index (χ1v) is 9.77. The lowest BCUT2D eigenvalue weighted by molar-refractivity contribution is 0.0219. The van der Waals surface area contributed by atoms with E-state index in [4.69, 9.17) is 16.3 Å². The number of likely N-dealkylation sites (tertiary alicyclic amines) is 1. The molecule has 2 heterocycles. The number of carbonyl (C=O) groups excluding carboxylic acids is 1. The van der Waals surface area contributed by atoms with Crippen LogP contribution in [0, 0.1) is 0 Å². The standard InChI is InChI=1S/C14H21ClN2O3S2/c1-14(2,3)20-13(18)17-6-4-5-11(8-17)22(19)9-10-7-16-12(15)21-10/h7,11H,4-6,8-9H2,1-3H3/t11-,22+/m1/s1. The number of amides is 1. The van der Waals surface area contributed by atoms with Crippen LogP contribution in [0.15, 0.2) is 6.20 Å². The fraction of sp³-hybridized carbons (Fsp3) is 0.714. The third-order valence-electron chi connectivity index (χ3n) is 3.21. The first-order valence-electron chi connectivity index (χ1n) is 7.20. The van der Waals surface area contributed by atoms with Gasteiger partial charge in [-0.15, -0.1) is 11.3 Å². The molecule has 0 bridgehead atoms. The SMILES string of the molecule is CC(C)(C)OC(=O)N1CCC[C@@H]([S@@](=O)Cc2cnc(Cl)s2)C1. The molecule has 1 aromatic heterocycles. The average molecular weight is 365 g/mol. The van der Waals surface area contributed by atoms with Gasteiger partial charge in [0.25, 0.3) is 0 Å². The second kappa shape index (κ2) is 7.27. The Morgan fingerprint density at radius 2 is 2.32 bits per heavy atom. The number of hydrogen-bond acceptors (Lipinski definition) is 5. The number of aromatic nitrogens is 1. The lowest BCUT2D eigenvalue weighted by Crippen LogP contribution is -2.46. The third kappa shape index (κ3) is 5.21. The maximum absolute atomic E-state index is 12.5. The number of hydrogen-bond donors (Lipinski definition) is 0. The summed E-state index contributed by atoms with van der Waals surface area (Å²) in [5.74, 6) is 0.442. The van der Waals surface area contributed by atoms with Crippen LogP contribution >= 0.6 is 22.9 Å². The summed E-state index contributed by atoms with van der Waals surface area (Å²) in [6, 6.07) is 0. The van der Waals surface area contributed by atoms with Crippen LogP contribution in [0.25, 0.3) is 0 Å². The van der Waals surface area contributed by atoms with Crippen molar-refractivity contribution in [2.75, 3.05) is 13.1 Å². The highest BCUT2D eigenvalue weighted by Crippen LogP contribution is 2.23. The molecule has 0 saturated carbocycles. The Kier molecular flexibility index (Phi) is 5.85. The Morgan fingerprint density at radius 1 is 1.59 bits per heavy atom. The minimum atomic E-state index is -1.04. The number of piperidine rings is 1. The molecule has 2 atom stereocenters. The van der Waals surface area contributed by atoms with Gasteiger partial charge in [0, 0.05) is 35.0 Å². The summed E-state index contributed by atoms with van der Waals surface area (Å²) in [5, 5.41) is -0.0258. The van der Waals surface area contributed by atoms with Crippen LogP contribution in [0.1, 0.15) is 38.5 Å². The zero-order valence-electron chi connectivity index (χ0n) is 13.0. The lowest BCUT2D eigenvalue weighted by atomic mass is 10.1. The molecule has 1 amide bonds. The van der Waals surface area contributed by atoms with Gasteiger partial charge in [0.2, 0.25) is 0 Å². The molecule has 0 aliphatic carbocycles. The normalized spacial score (nSPS) is 20.7. The van der Waals surface area contributed by atoms with E-state index < -0.39 is 16.4 Å². The summed E-state index contributed by atoms with van der Waals surface area (Å²) in [6.45, 7) is 6.68. The molecule has 1 fully saturated rings. The Bertz CT molecular complexity index is 557. The summed E-state index contributed by atoms with van der Waals surface area (Å²) in [6.07, 6.45) is 3.05. The molecule has 0 radical (unpaired) electrons. The Balaban J connectivity index is 1.92. The van der Waals surface area contributed by atoms with E-state index in [1.807, 2.05) is 20.8 Å². The predicted octanol–water partition coefficient (Wildman–Crippen LogP) is 3.44. The number of carbonyl (C=O) groups is 1. The Hall–Kier alpha value is -0.660. The van der Waals surface area contributed by atoms with Crippen molar-refractivity contribution < 1.29 is 13.7 Å². The van der Waals surface area contributed by atoms with Gasteiger partial charge in [-0.1, -0.05) is 11.6 Å². The summed E-state index contributed by atoms with van der Waals surface area (Å²) in [5.41, 5.74) is -0.511. The molecule has 1 saturated heterocycles. The zero-order valence-corrected chi connectivity index (χ0v) is 15.4. The largest absolute Gasteiger partial charge is 0.444 e. The lowest BCUT2D eigenvalue weighted by Gasteiger charge is -2.33. The van der Waals surface area contributed by atoms with Crippen molar-refractivity contribution in [2.45, 2.75) is 50.2 Å². The van der Waals surface area contributed by atoms with Gasteiger partial charge in [-0.25, -0.2) is 9.78 Å². The molecular formula is C14H21ClN2O3S2. The van der Waals surface area contributed by atoms with Crippen molar-refractivity contribution >= 4 is 39.8 Å². The van der Waals surface area contributed by atoms with Crippen molar-refractivity contribution in [3.8, 4) is 0 Å². The summed E-state index contributed by atoms with van der Waals surface area (Å²) in [4.78, 5) is 18.7. The number of thiazole rings is 1. The number of halogens is 1. The van der Waals surface area contributed by atoms with E-state index >= 15 is 0 Å². The molecule has 5 nitrogen and oxygen atoms in total. The van der Waals surface area contributed by atoms with Gasteiger partial charge in [-0.05, 0) is 33.6 Å². The van der Waals surface area contributed by atoms with E-state index in [1.54, 1.807) is 11.1 Å². The number of ether oxygens (including phenoxy) is 1. The van der Waals surface area contributed by atoms with Crippen LogP contribution in [0.5, 0.6) is 0 Å². The molecule has 1 aliphatic rings.